The van der Waals surface area contributed by atoms with Gasteiger partial charge >= 0.3 is 0 Å². The van der Waals surface area contributed by atoms with E-state index in [1.807, 2.05) is 57.3 Å². The summed E-state index contributed by atoms with van der Waals surface area (Å²) in [5, 5.41) is 4.42. The van der Waals surface area contributed by atoms with Gasteiger partial charge < -0.3 is 14.2 Å². The number of benzene rings is 2. The second kappa shape index (κ2) is 9.74. The molecule has 1 heterocycles. The summed E-state index contributed by atoms with van der Waals surface area (Å²) in [5.74, 6) is 3.80. The molecule has 5 nitrogen and oxygen atoms in total. The molecular formula is C23H22Cl2N2O3. The van der Waals surface area contributed by atoms with E-state index in [0.29, 0.717) is 34.6 Å². The van der Waals surface area contributed by atoms with Crippen molar-refractivity contribution in [3.05, 3.63) is 76.1 Å². The SMILES string of the molecule is C/C=C/c1c(C)nn(C)c1Oc1ccc(Oc2ccc(OC(C)=C(Cl)Cl)cc2)cc1. The van der Waals surface area contributed by atoms with Crippen LogP contribution in [0.15, 0.2) is 64.9 Å². The summed E-state index contributed by atoms with van der Waals surface area (Å²) >= 11 is 11.4. The lowest BCUT2D eigenvalue weighted by atomic mass is 10.2. The van der Waals surface area contributed by atoms with Crippen LogP contribution in [0.2, 0.25) is 0 Å². The van der Waals surface area contributed by atoms with Crippen LogP contribution in [0.25, 0.3) is 6.08 Å². The number of nitrogens with zero attached hydrogens (tertiary/aromatic N) is 2. The zero-order valence-corrected chi connectivity index (χ0v) is 18.7. The van der Waals surface area contributed by atoms with E-state index in [0.717, 1.165) is 11.3 Å². The van der Waals surface area contributed by atoms with E-state index >= 15 is 0 Å². The Labute approximate surface area is 186 Å². The lowest BCUT2D eigenvalue weighted by Gasteiger charge is -2.10. The molecule has 0 spiro atoms. The van der Waals surface area contributed by atoms with Gasteiger partial charge in [0.15, 0.2) is 0 Å². The first kappa shape index (κ1) is 21.8. The van der Waals surface area contributed by atoms with Crippen molar-refractivity contribution in [1.82, 2.24) is 9.78 Å². The molecule has 0 aliphatic heterocycles. The first-order valence-electron chi connectivity index (χ1n) is 9.29. The maximum Gasteiger partial charge on any atom is 0.225 e. The Morgan fingerprint density at radius 2 is 1.40 bits per heavy atom. The first-order chi connectivity index (χ1) is 14.4. The number of rotatable bonds is 7. The minimum absolute atomic E-state index is 0.0942. The van der Waals surface area contributed by atoms with Gasteiger partial charge in [-0.05, 0) is 69.3 Å². The van der Waals surface area contributed by atoms with Gasteiger partial charge in [0.25, 0.3) is 0 Å². The fourth-order valence-corrected chi connectivity index (χ4v) is 2.82. The molecule has 0 saturated carbocycles. The van der Waals surface area contributed by atoms with Gasteiger partial charge in [-0.2, -0.15) is 5.10 Å². The summed E-state index contributed by atoms with van der Waals surface area (Å²) in [7, 11) is 1.86. The number of aromatic nitrogens is 2. The van der Waals surface area contributed by atoms with Gasteiger partial charge in [0.1, 0.15) is 33.2 Å². The topological polar surface area (TPSA) is 45.5 Å². The van der Waals surface area contributed by atoms with Crippen LogP contribution in [-0.2, 0) is 7.05 Å². The van der Waals surface area contributed by atoms with Crippen molar-refractivity contribution < 1.29 is 14.2 Å². The number of ether oxygens (including phenoxy) is 3. The van der Waals surface area contributed by atoms with E-state index in [-0.39, 0.29) is 4.49 Å². The van der Waals surface area contributed by atoms with Gasteiger partial charge in [0.05, 0.1) is 11.3 Å². The fourth-order valence-electron chi connectivity index (χ4n) is 2.75. The zero-order chi connectivity index (χ0) is 21.7. The Morgan fingerprint density at radius 3 is 1.90 bits per heavy atom. The highest BCUT2D eigenvalue weighted by Gasteiger charge is 2.13. The second-order valence-corrected chi connectivity index (χ2v) is 7.44. The van der Waals surface area contributed by atoms with Crippen LogP contribution in [0.4, 0.5) is 0 Å². The summed E-state index contributed by atoms with van der Waals surface area (Å²) in [4.78, 5) is 0. The average Bonchev–Trinajstić information content (AvgIpc) is 2.98. The van der Waals surface area contributed by atoms with Crippen LogP contribution in [0.5, 0.6) is 28.9 Å². The lowest BCUT2D eigenvalue weighted by Crippen LogP contribution is -1.96. The summed E-state index contributed by atoms with van der Waals surface area (Å²) in [6.45, 7) is 5.61. The normalized spacial score (nSPS) is 10.9. The summed E-state index contributed by atoms with van der Waals surface area (Å²) in [5.41, 5.74) is 1.88. The summed E-state index contributed by atoms with van der Waals surface area (Å²) in [6.07, 6.45) is 3.95. The summed E-state index contributed by atoms with van der Waals surface area (Å²) < 4.78 is 19.3. The molecule has 1 aromatic heterocycles. The van der Waals surface area contributed by atoms with Crippen LogP contribution >= 0.6 is 23.2 Å². The number of allylic oxidation sites excluding steroid dienone is 2. The minimum Gasteiger partial charge on any atom is -0.460 e. The molecular weight excluding hydrogens is 423 g/mol. The number of hydrogen-bond acceptors (Lipinski definition) is 4. The Bertz CT molecular complexity index is 1070. The molecule has 7 heteroatoms. The van der Waals surface area contributed by atoms with Gasteiger partial charge in [-0.3, -0.25) is 0 Å². The van der Waals surface area contributed by atoms with E-state index in [4.69, 9.17) is 37.4 Å². The van der Waals surface area contributed by atoms with E-state index in [1.165, 1.54) is 0 Å². The van der Waals surface area contributed by atoms with E-state index in [2.05, 4.69) is 5.10 Å². The molecule has 30 heavy (non-hydrogen) atoms. The predicted octanol–water partition coefficient (Wildman–Crippen LogP) is 7.39. The zero-order valence-electron chi connectivity index (χ0n) is 17.1. The highest BCUT2D eigenvalue weighted by Crippen LogP contribution is 2.31. The molecule has 0 fully saturated rings. The molecule has 156 valence electrons. The van der Waals surface area contributed by atoms with Gasteiger partial charge in [0.2, 0.25) is 5.88 Å². The Kier molecular flexibility index (Phi) is 7.08. The van der Waals surface area contributed by atoms with Gasteiger partial charge in [0, 0.05) is 7.05 Å². The minimum atomic E-state index is 0.0942. The monoisotopic (exact) mass is 444 g/mol. The third kappa shape index (κ3) is 5.38. The molecule has 0 saturated heterocycles. The van der Waals surface area contributed by atoms with E-state index < -0.39 is 0 Å². The summed E-state index contributed by atoms with van der Waals surface area (Å²) in [6, 6.07) is 14.6. The third-order valence-electron chi connectivity index (χ3n) is 4.18. The van der Waals surface area contributed by atoms with Crippen molar-refractivity contribution in [3.8, 4) is 28.9 Å². The fraction of sp³-hybridized carbons (Fsp3) is 0.174. The molecule has 0 aliphatic carbocycles. The Morgan fingerprint density at radius 1 is 0.900 bits per heavy atom. The van der Waals surface area contributed by atoms with Crippen molar-refractivity contribution in [2.75, 3.05) is 0 Å². The molecule has 3 rings (SSSR count). The maximum absolute atomic E-state index is 6.04. The molecule has 0 N–H and O–H groups in total. The third-order valence-corrected chi connectivity index (χ3v) is 4.71. The molecule has 0 bridgehead atoms. The quantitative estimate of drug-likeness (QED) is 0.356. The Balaban J connectivity index is 1.68. The lowest BCUT2D eigenvalue weighted by molar-refractivity contribution is 0.424. The van der Waals surface area contributed by atoms with Gasteiger partial charge in [-0.15, -0.1) is 0 Å². The van der Waals surface area contributed by atoms with Crippen LogP contribution in [-0.4, -0.2) is 9.78 Å². The van der Waals surface area contributed by atoms with Gasteiger partial charge in [-0.25, -0.2) is 4.68 Å². The van der Waals surface area contributed by atoms with Crippen molar-refractivity contribution in [3.63, 3.8) is 0 Å². The van der Waals surface area contributed by atoms with Crippen LogP contribution in [0, 0.1) is 6.92 Å². The van der Waals surface area contributed by atoms with Crippen molar-refractivity contribution in [2.45, 2.75) is 20.8 Å². The highest BCUT2D eigenvalue weighted by atomic mass is 35.5. The smallest absolute Gasteiger partial charge is 0.225 e. The molecule has 0 unspecified atom stereocenters. The standard InChI is InChI=1S/C23H22Cl2N2O3/c1-5-6-21-15(2)26-27(4)23(21)30-20-13-11-19(12-14-20)29-18-9-7-17(8-10-18)28-16(3)22(24)25/h5-14H,1-4H3/b6-5+. The van der Waals surface area contributed by atoms with Crippen molar-refractivity contribution >= 4 is 29.3 Å². The number of hydrogen-bond donors (Lipinski definition) is 0. The number of aryl methyl sites for hydroxylation is 2. The van der Waals surface area contributed by atoms with Gasteiger partial charge in [-0.1, -0.05) is 35.4 Å². The first-order valence-corrected chi connectivity index (χ1v) is 10.0. The predicted molar refractivity (Wildman–Crippen MR) is 121 cm³/mol. The van der Waals surface area contributed by atoms with E-state index in [9.17, 15) is 0 Å². The molecule has 2 aromatic carbocycles. The molecule has 0 amide bonds. The van der Waals surface area contributed by atoms with Crippen LogP contribution in [0.1, 0.15) is 25.1 Å². The Hall–Kier alpha value is -2.89. The maximum atomic E-state index is 6.04. The molecule has 0 aliphatic rings. The van der Waals surface area contributed by atoms with E-state index in [1.54, 1.807) is 35.9 Å². The molecule has 0 atom stereocenters. The molecule has 0 radical (unpaired) electrons. The van der Waals surface area contributed by atoms with Crippen molar-refractivity contribution in [2.24, 2.45) is 7.05 Å². The average molecular weight is 445 g/mol. The largest absolute Gasteiger partial charge is 0.460 e. The highest BCUT2D eigenvalue weighted by molar-refractivity contribution is 6.56. The van der Waals surface area contributed by atoms with Crippen LogP contribution < -0.4 is 14.2 Å². The number of halogens is 2. The van der Waals surface area contributed by atoms with Crippen LogP contribution in [0.3, 0.4) is 0 Å². The van der Waals surface area contributed by atoms with Crippen molar-refractivity contribution in [1.29, 1.82) is 0 Å². The molecule has 3 aromatic rings. The second-order valence-electron chi connectivity index (χ2n) is 6.49.